The lowest BCUT2D eigenvalue weighted by Crippen LogP contribution is -2.49. The fraction of sp³-hybridized carbons (Fsp3) is 0.632. The molecule has 2 aliphatic rings. The van der Waals surface area contributed by atoms with Gasteiger partial charge in [0, 0.05) is 37.2 Å². The van der Waals surface area contributed by atoms with Gasteiger partial charge in [0.1, 0.15) is 5.75 Å². The second kappa shape index (κ2) is 7.43. The van der Waals surface area contributed by atoms with Crippen LogP contribution >= 0.6 is 0 Å². The highest BCUT2D eigenvalue weighted by Gasteiger charge is 2.31. The zero-order valence-electron chi connectivity index (χ0n) is 14.6. The molecule has 0 spiro atoms. The fourth-order valence-electron chi connectivity index (χ4n) is 3.88. The number of fused-ring (bicyclic) bond motifs is 1. The van der Waals surface area contributed by atoms with Crippen LogP contribution in [0.1, 0.15) is 44.1 Å². The van der Waals surface area contributed by atoms with Gasteiger partial charge >= 0.3 is 6.03 Å². The van der Waals surface area contributed by atoms with E-state index in [1.165, 1.54) is 5.56 Å². The van der Waals surface area contributed by atoms with Crippen LogP contribution in [0, 0.1) is 5.92 Å². The molecule has 1 aromatic rings. The van der Waals surface area contributed by atoms with E-state index in [-0.39, 0.29) is 30.6 Å². The van der Waals surface area contributed by atoms with Crippen molar-refractivity contribution in [2.24, 2.45) is 5.92 Å². The molecule has 2 atom stereocenters. The Kier molecular flexibility index (Phi) is 5.29. The van der Waals surface area contributed by atoms with Gasteiger partial charge in [-0.15, -0.1) is 0 Å². The smallest absolute Gasteiger partial charge is 0.317 e. The summed E-state index contributed by atoms with van der Waals surface area (Å²) in [6.07, 6.45) is 3.94. The predicted molar refractivity (Wildman–Crippen MR) is 93.3 cm³/mol. The van der Waals surface area contributed by atoms with Crippen molar-refractivity contribution in [1.29, 1.82) is 0 Å². The molecular weight excluding hydrogens is 304 g/mol. The number of carbonyl (C=O) groups excluding carboxylic acids is 1. The van der Waals surface area contributed by atoms with E-state index in [0.29, 0.717) is 12.5 Å². The largest absolute Gasteiger partial charge is 0.493 e. The number of aliphatic hydroxyl groups excluding tert-OH is 1. The van der Waals surface area contributed by atoms with Crippen LogP contribution in [-0.4, -0.2) is 48.4 Å². The Bertz CT molecular complexity index is 569. The number of carbonyl (C=O) groups is 1. The van der Waals surface area contributed by atoms with Crippen molar-refractivity contribution in [3.8, 4) is 5.75 Å². The van der Waals surface area contributed by atoms with E-state index in [4.69, 9.17) is 4.74 Å². The Morgan fingerprint density at radius 1 is 1.33 bits per heavy atom. The molecule has 1 heterocycles. The van der Waals surface area contributed by atoms with E-state index >= 15 is 0 Å². The van der Waals surface area contributed by atoms with E-state index in [9.17, 15) is 9.90 Å². The number of amides is 2. The number of nitrogens with one attached hydrogen (secondary N) is 1. The SMILES string of the molecule is CC(NC(=O)N(C)C1CCC(CO)CC1)C1COc2ccccc21. The summed E-state index contributed by atoms with van der Waals surface area (Å²) in [6, 6.07) is 8.33. The molecule has 132 valence electrons. The zero-order chi connectivity index (χ0) is 17.1. The second-order valence-corrected chi connectivity index (χ2v) is 7.16. The Morgan fingerprint density at radius 2 is 2.04 bits per heavy atom. The normalized spacial score (nSPS) is 27.0. The average Bonchev–Trinajstić information content (AvgIpc) is 3.05. The third-order valence-corrected chi connectivity index (χ3v) is 5.63. The summed E-state index contributed by atoms with van der Waals surface area (Å²) in [7, 11) is 1.88. The molecule has 3 rings (SSSR count). The number of nitrogens with zero attached hydrogens (tertiary/aromatic N) is 1. The maximum atomic E-state index is 12.6. The van der Waals surface area contributed by atoms with Crippen molar-refractivity contribution in [3.63, 3.8) is 0 Å². The van der Waals surface area contributed by atoms with E-state index in [1.54, 1.807) is 0 Å². The maximum Gasteiger partial charge on any atom is 0.317 e. The summed E-state index contributed by atoms with van der Waals surface area (Å²) in [5, 5.41) is 12.4. The van der Waals surface area contributed by atoms with Crippen LogP contribution in [0.15, 0.2) is 24.3 Å². The first kappa shape index (κ1) is 17.1. The van der Waals surface area contributed by atoms with Crippen molar-refractivity contribution < 1.29 is 14.6 Å². The Hall–Kier alpha value is -1.75. The van der Waals surface area contributed by atoms with Crippen LogP contribution in [0.5, 0.6) is 5.75 Å². The second-order valence-electron chi connectivity index (χ2n) is 7.16. The van der Waals surface area contributed by atoms with E-state index in [2.05, 4.69) is 11.4 Å². The van der Waals surface area contributed by atoms with Gasteiger partial charge in [-0.25, -0.2) is 4.79 Å². The van der Waals surface area contributed by atoms with E-state index in [0.717, 1.165) is 31.4 Å². The number of aliphatic hydroxyl groups is 1. The van der Waals surface area contributed by atoms with Crippen LogP contribution in [0.4, 0.5) is 4.79 Å². The van der Waals surface area contributed by atoms with Crippen LogP contribution < -0.4 is 10.1 Å². The van der Waals surface area contributed by atoms with Gasteiger partial charge in [0.2, 0.25) is 0 Å². The predicted octanol–water partition coefficient (Wildman–Crippen LogP) is 2.74. The van der Waals surface area contributed by atoms with Gasteiger partial charge in [0.25, 0.3) is 0 Å². The van der Waals surface area contributed by atoms with Crippen LogP contribution in [0.3, 0.4) is 0 Å². The van der Waals surface area contributed by atoms with Crippen molar-refractivity contribution in [2.45, 2.75) is 50.6 Å². The number of benzene rings is 1. The number of urea groups is 1. The summed E-state index contributed by atoms with van der Waals surface area (Å²) in [5.74, 6) is 1.53. The van der Waals surface area contributed by atoms with Crippen molar-refractivity contribution in [2.75, 3.05) is 20.3 Å². The van der Waals surface area contributed by atoms with E-state index in [1.807, 2.05) is 37.1 Å². The van der Waals surface area contributed by atoms with Crippen LogP contribution in [0.25, 0.3) is 0 Å². The molecule has 1 aliphatic heterocycles. The molecule has 2 N–H and O–H groups in total. The average molecular weight is 332 g/mol. The standard InChI is InChI=1S/C19H28N2O3/c1-13(17-12-24-18-6-4-3-5-16(17)18)20-19(23)21(2)15-9-7-14(11-22)8-10-15/h3-6,13-15,17,22H,7-12H2,1-2H3,(H,20,23). The fourth-order valence-corrected chi connectivity index (χ4v) is 3.88. The minimum Gasteiger partial charge on any atom is -0.493 e. The number of hydrogen-bond donors (Lipinski definition) is 2. The van der Waals surface area contributed by atoms with E-state index < -0.39 is 0 Å². The number of para-hydroxylation sites is 1. The molecule has 5 nitrogen and oxygen atoms in total. The van der Waals surface area contributed by atoms with Gasteiger partial charge in [-0.3, -0.25) is 0 Å². The number of rotatable bonds is 4. The first-order valence-corrected chi connectivity index (χ1v) is 8.96. The lowest BCUT2D eigenvalue weighted by Gasteiger charge is -2.35. The van der Waals surface area contributed by atoms with Crippen molar-refractivity contribution >= 4 is 6.03 Å². The first-order chi connectivity index (χ1) is 11.6. The van der Waals surface area contributed by atoms with Gasteiger partial charge in [-0.2, -0.15) is 0 Å². The molecule has 1 saturated carbocycles. The minimum atomic E-state index is -0.0145. The van der Waals surface area contributed by atoms with Gasteiger partial charge < -0.3 is 20.1 Å². The highest BCUT2D eigenvalue weighted by atomic mass is 16.5. The van der Waals surface area contributed by atoms with Gasteiger partial charge in [-0.05, 0) is 44.6 Å². The van der Waals surface area contributed by atoms with Crippen molar-refractivity contribution in [3.05, 3.63) is 29.8 Å². The number of ether oxygens (including phenoxy) is 1. The highest BCUT2D eigenvalue weighted by molar-refractivity contribution is 5.74. The zero-order valence-corrected chi connectivity index (χ0v) is 14.6. The summed E-state index contributed by atoms with van der Waals surface area (Å²) < 4.78 is 5.73. The van der Waals surface area contributed by atoms with Crippen LogP contribution in [-0.2, 0) is 0 Å². The summed E-state index contributed by atoms with van der Waals surface area (Å²) in [5.41, 5.74) is 1.18. The van der Waals surface area contributed by atoms with Gasteiger partial charge in [0.15, 0.2) is 0 Å². The topological polar surface area (TPSA) is 61.8 Å². The third-order valence-electron chi connectivity index (χ3n) is 5.63. The lowest BCUT2D eigenvalue weighted by atomic mass is 9.86. The molecule has 0 bridgehead atoms. The molecule has 0 aromatic heterocycles. The summed E-state index contributed by atoms with van der Waals surface area (Å²) in [6.45, 7) is 2.93. The van der Waals surface area contributed by atoms with Crippen LogP contribution in [0.2, 0.25) is 0 Å². The Morgan fingerprint density at radius 3 is 2.75 bits per heavy atom. The highest BCUT2D eigenvalue weighted by Crippen LogP contribution is 2.35. The monoisotopic (exact) mass is 332 g/mol. The molecule has 2 amide bonds. The Balaban J connectivity index is 1.55. The van der Waals surface area contributed by atoms with Gasteiger partial charge in [0.05, 0.1) is 6.61 Å². The quantitative estimate of drug-likeness (QED) is 0.891. The first-order valence-electron chi connectivity index (χ1n) is 8.96. The van der Waals surface area contributed by atoms with Gasteiger partial charge in [-0.1, -0.05) is 18.2 Å². The maximum absolute atomic E-state index is 12.6. The minimum absolute atomic E-state index is 0.0145. The molecule has 5 heteroatoms. The third kappa shape index (κ3) is 3.51. The molecule has 24 heavy (non-hydrogen) atoms. The molecule has 2 unspecified atom stereocenters. The molecule has 0 radical (unpaired) electrons. The molecular formula is C19H28N2O3. The van der Waals surface area contributed by atoms with Crippen molar-refractivity contribution in [1.82, 2.24) is 10.2 Å². The molecule has 1 fully saturated rings. The summed E-state index contributed by atoms with van der Waals surface area (Å²) in [4.78, 5) is 14.4. The molecule has 1 aliphatic carbocycles. The molecule has 0 saturated heterocycles. The lowest BCUT2D eigenvalue weighted by molar-refractivity contribution is 0.132. The summed E-state index contributed by atoms with van der Waals surface area (Å²) >= 11 is 0. The molecule has 1 aromatic carbocycles. The Labute approximate surface area is 144 Å². The number of hydrogen-bond acceptors (Lipinski definition) is 3.